The van der Waals surface area contributed by atoms with Crippen molar-refractivity contribution in [2.45, 2.75) is 17.1 Å². The van der Waals surface area contributed by atoms with Crippen molar-refractivity contribution in [1.82, 2.24) is 15.0 Å². The zero-order valence-corrected chi connectivity index (χ0v) is 9.53. The summed E-state index contributed by atoms with van der Waals surface area (Å²) in [6.07, 6.45) is 1.73. The summed E-state index contributed by atoms with van der Waals surface area (Å²) in [6.45, 7) is 1.93. The van der Waals surface area contributed by atoms with Crippen LogP contribution in [0.1, 0.15) is 5.69 Å². The molecule has 16 heavy (non-hydrogen) atoms. The highest BCUT2D eigenvalue weighted by molar-refractivity contribution is 7.99. The van der Waals surface area contributed by atoms with E-state index in [9.17, 15) is 0 Å². The second-order valence-electron chi connectivity index (χ2n) is 3.09. The first-order valence-electron chi connectivity index (χ1n) is 4.69. The molecule has 0 aliphatic heterocycles. The number of hydrogen-bond acceptors (Lipinski definition) is 6. The van der Waals surface area contributed by atoms with E-state index in [-0.39, 0.29) is 0 Å². The lowest BCUT2D eigenvalue weighted by Gasteiger charge is -2.02. The van der Waals surface area contributed by atoms with Crippen LogP contribution in [0.3, 0.4) is 0 Å². The molecule has 0 fully saturated rings. The van der Waals surface area contributed by atoms with Crippen LogP contribution < -0.4 is 11.3 Å². The van der Waals surface area contributed by atoms with Gasteiger partial charge in [0, 0.05) is 11.9 Å². The Morgan fingerprint density at radius 2 is 2.12 bits per heavy atom. The maximum atomic E-state index is 5.28. The average Bonchev–Trinajstić information content (AvgIpc) is 2.29. The molecule has 0 bridgehead atoms. The molecular formula is C10H11N5S. The summed E-state index contributed by atoms with van der Waals surface area (Å²) in [7, 11) is 0. The molecule has 82 valence electrons. The topological polar surface area (TPSA) is 76.7 Å². The predicted molar refractivity (Wildman–Crippen MR) is 62.9 cm³/mol. The number of aryl methyl sites for hydroxylation is 1. The van der Waals surface area contributed by atoms with Gasteiger partial charge in [-0.1, -0.05) is 6.07 Å². The molecule has 0 spiro atoms. The van der Waals surface area contributed by atoms with Crippen molar-refractivity contribution >= 4 is 17.6 Å². The number of hydrazine groups is 1. The summed E-state index contributed by atoms with van der Waals surface area (Å²) in [5, 5.41) is 1.49. The van der Waals surface area contributed by atoms with Gasteiger partial charge in [-0.05, 0) is 36.9 Å². The van der Waals surface area contributed by atoms with Crippen molar-refractivity contribution in [3.63, 3.8) is 0 Å². The molecule has 0 radical (unpaired) electrons. The number of aromatic nitrogens is 3. The van der Waals surface area contributed by atoms with Gasteiger partial charge in [0.2, 0.25) is 0 Å². The smallest absolute Gasteiger partial charge is 0.194 e. The van der Waals surface area contributed by atoms with Crippen LogP contribution in [0.25, 0.3) is 0 Å². The van der Waals surface area contributed by atoms with E-state index < -0.39 is 0 Å². The van der Waals surface area contributed by atoms with E-state index in [1.165, 1.54) is 11.8 Å². The lowest BCUT2D eigenvalue weighted by molar-refractivity contribution is 0.927. The molecular weight excluding hydrogens is 222 g/mol. The highest BCUT2D eigenvalue weighted by atomic mass is 32.2. The van der Waals surface area contributed by atoms with E-state index >= 15 is 0 Å². The highest BCUT2D eigenvalue weighted by Gasteiger charge is 2.02. The lowest BCUT2D eigenvalue weighted by Crippen LogP contribution is -2.08. The number of pyridine rings is 1. The van der Waals surface area contributed by atoms with Crippen molar-refractivity contribution in [1.29, 1.82) is 0 Å². The molecule has 2 heterocycles. The van der Waals surface area contributed by atoms with Gasteiger partial charge in [0.05, 0.1) is 0 Å². The van der Waals surface area contributed by atoms with Gasteiger partial charge < -0.3 is 5.43 Å². The van der Waals surface area contributed by atoms with Crippen LogP contribution in [-0.2, 0) is 0 Å². The van der Waals surface area contributed by atoms with Gasteiger partial charge in [-0.25, -0.2) is 20.8 Å². The van der Waals surface area contributed by atoms with Crippen LogP contribution in [-0.4, -0.2) is 15.0 Å². The lowest BCUT2D eigenvalue weighted by atomic mass is 10.5. The normalized spacial score (nSPS) is 10.1. The van der Waals surface area contributed by atoms with E-state index in [1.54, 1.807) is 12.3 Å². The minimum Gasteiger partial charge on any atom is -0.308 e. The fourth-order valence-corrected chi connectivity index (χ4v) is 1.90. The third-order valence-corrected chi connectivity index (χ3v) is 2.66. The van der Waals surface area contributed by atoms with E-state index in [4.69, 9.17) is 5.84 Å². The maximum Gasteiger partial charge on any atom is 0.194 e. The Morgan fingerprint density at radius 1 is 1.25 bits per heavy atom. The Kier molecular flexibility index (Phi) is 3.33. The minimum absolute atomic E-state index is 0.623. The fourth-order valence-electron chi connectivity index (χ4n) is 1.12. The summed E-state index contributed by atoms with van der Waals surface area (Å²) >= 11 is 1.40. The quantitative estimate of drug-likeness (QED) is 0.476. The van der Waals surface area contributed by atoms with Crippen LogP contribution in [0.4, 0.5) is 5.82 Å². The molecule has 5 nitrogen and oxygen atoms in total. The van der Waals surface area contributed by atoms with E-state index in [2.05, 4.69) is 20.4 Å². The van der Waals surface area contributed by atoms with Crippen molar-refractivity contribution < 1.29 is 0 Å². The van der Waals surface area contributed by atoms with Crippen LogP contribution >= 0.6 is 11.8 Å². The summed E-state index contributed by atoms with van der Waals surface area (Å²) < 4.78 is 0. The first kappa shape index (κ1) is 10.8. The Bertz CT molecular complexity index is 488. The molecule has 2 aromatic rings. The van der Waals surface area contributed by atoms with Gasteiger partial charge in [0.15, 0.2) is 5.16 Å². The van der Waals surface area contributed by atoms with Crippen molar-refractivity contribution in [3.8, 4) is 0 Å². The summed E-state index contributed by atoms with van der Waals surface area (Å²) in [5.41, 5.74) is 3.43. The van der Waals surface area contributed by atoms with Crippen LogP contribution in [0.2, 0.25) is 0 Å². The van der Waals surface area contributed by atoms with E-state index in [0.717, 1.165) is 10.7 Å². The third kappa shape index (κ3) is 2.68. The monoisotopic (exact) mass is 233 g/mol. The summed E-state index contributed by atoms with van der Waals surface area (Å²) in [5.74, 6) is 5.91. The molecule has 0 aromatic carbocycles. The number of nitrogens with one attached hydrogen (secondary N) is 1. The molecule has 0 saturated heterocycles. The maximum absolute atomic E-state index is 5.28. The van der Waals surface area contributed by atoms with Gasteiger partial charge in [-0.3, -0.25) is 0 Å². The van der Waals surface area contributed by atoms with Crippen molar-refractivity contribution in [3.05, 3.63) is 36.2 Å². The molecule has 3 N–H and O–H groups in total. The first-order chi connectivity index (χ1) is 7.78. The molecule has 0 amide bonds. The second kappa shape index (κ2) is 4.91. The predicted octanol–water partition coefficient (Wildman–Crippen LogP) is 1.62. The van der Waals surface area contributed by atoms with Crippen molar-refractivity contribution in [2.24, 2.45) is 5.84 Å². The van der Waals surface area contributed by atoms with Gasteiger partial charge in [-0.15, -0.1) is 0 Å². The standard InChI is InChI=1S/C10H11N5S/c1-7-5-6-12-10(13-7)16-9-4-2-3-8(14-9)15-11/h2-6H,11H2,1H3,(H,14,15). The Labute approximate surface area is 97.5 Å². The first-order valence-corrected chi connectivity index (χ1v) is 5.51. The van der Waals surface area contributed by atoms with E-state index in [1.807, 2.05) is 25.1 Å². The number of nitrogens with two attached hydrogens (primary N) is 1. The average molecular weight is 233 g/mol. The number of rotatable bonds is 3. The Hall–Kier alpha value is -1.66. The van der Waals surface area contributed by atoms with Crippen LogP contribution in [0, 0.1) is 6.92 Å². The van der Waals surface area contributed by atoms with Crippen LogP contribution in [0.15, 0.2) is 40.6 Å². The molecule has 0 saturated carbocycles. The van der Waals surface area contributed by atoms with Gasteiger partial charge in [0.1, 0.15) is 10.8 Å². The molecule has 0 aliphatic rings. The molecule has 2 aromatic heterocycles. The molecule has 2 rings (SSSR count). The molecule has 0 atom stereocenters. The highest BCUT2D eigenvalue weighted by Crippen LogP contribution is 2.23. The number of nitrogens with zero attached hydrogens (tertiary/aromatic N) is 3. The summed E-state index contributed by atoms with van der Waals surface area (Å²) in [4.78, 5) is 12.7. The van der Waals surface area contributed by atoms with Gasteiger partial charge >= 0.3 is 0 Å². The molecule has 6 heteroatoms. The molecule has 0 aliphatic carbocycles. The number of nitrogen functional groups attached to an aromatic ring is 1. The van der Waals surface area contributed by atoms with Crippen molar-refractivity contribution in [2.75, 3.05) is 5.43 Å². The Balaban J connectivity index is 2.20. The zero-order chi connectivity index (χ0) is 11.4. The molecule has 0 unspecified atom stereocenters. The SMILES string of the molecule is Cc1ccnc(Sc2cccc(NN)n2)n1. The fraction of sp³-hybridized carbons (Fsp3) is 0.100. The third-order valence-electron chi connectivity index (χ3n) is 1.84. The van der Waals surface area contributed by atoms with Crippen LogP contribution in [0.5, 0.6) is 0 Å². The summed E-state index contributed by atoms with van der Waals surface area (Å²) in [6, 6.07) is 7.41. The number of anilines is 1. The Morgan fingerprint density at radius 3 is 2.88 bits per heavy atom. The second-order valence-corrected chi connectivity index (χ2v) is 4.08. The number of hydrogen-bond donors (Lipinski definition) is 2. The zero-order valence-electron chi connectivity index (χ0n) is 8.71. The minimum atomic E-state index is 0.623. The van der Waals surface area contributed by atoms with Gasteiger partial charge in [-0.2, -0.15) is 0 Å². The van der Waals surface area contributed by atoms with Gasteiger partial charge in [0.25, 0.3) is 0 Å². The largest absolute Gasteiger partial charge is 0.308 e. The van der Waals surface area contributed by atoms with E-state index in [0.29, 0.717) is 11.0 Å².